The van der Waals surface area contributed by atoms with Crippen LogP contribution in [0.5, 0.6) is 0 Å². The van der Waals surface area contributed by atoms with Gasteiger partial charge in [0.05, 0.1) is 0 Å². The lowest BCUT2D eigenvalue weighted by atomic mass is 9.58. The number of allylic oxidation sites excluding steroid dienone is 2. The number of rotatable bonds is 5. The molecule has 1 aliphatic carbocycles. The summed E-state index contributed by atoms with van der Waals surface area (Å²) in [7, 11) is 4.38. The van der Waals surface area contributed by atoms with E-state index in [-0.39, 0.29) is 0 Å². The number of hydrogen-bond donors (Lipinski definition) is 1. The van der Waals surface area contributed by atoms with E-state index in [1.54, 1.807) is 5.57 Å². The van der Waals surface area contributed by atoms with Crippen LogP contribution in [-0.2, 0) is 0 Å². The third kappa shape index (κ3) is 2.99. The molecule has 2 rings (SSSR count). The first-order valence-electron chi connectivity index (χ1n) is 9.11. The molecule has 0 saturated carbocycles. The molecule has 0 spiro atoms. The highest BCUT2D eigenvalue weighted by molar-refractivity contribution is 5.24. The summed E-state index contributed by atoms with van der Waals surface area (Å²) in [5.74, 6) is 0.764. The molecule has 1 saturated heterocycles. The second-order valence-corrected chi connectivity index (χ2v) is 8.00. The molecule has 1 N–H and O–H groups in total. The maximum absolute atomic E-state index is 3.19. The lowest BCUT2D eigenvalue weighted by Gasteiger charge is -2.56. The number of nitrogens with one attached hydrogen (secondary N) is 1. The lowest BCUT2D eigenvalue weighted by molar-refractivity contribution is -0.0212. The fourth-order valence-corrected chi connectivity index (χ4v) is 4.70. The van der Waals surface area contributed by atoms with Gasteiger partial charge in [-0.15, -0.1) is 0 Å². The van der Waals surface area contributed by atoms with Crippen molar-refractivity contribution >= 4 is 0 Å². The second kappa shape index (κ2) is 6.78. The topological polar surface area (TPSA) is 15.3 Å². The van der Waals surface area contributed by atoms with Gasteiger partial charge in [0, 0.05) is 12.6 Å². The van der Waals surface area contributed by atoms with Crippen LogP contribution in [0.2, 0.25) is 0 Å². The van der Waals surface area contributed by atoms with Crippen molar-refractivity contribution in [3.05, 3.63) is 23.4 Å². The van der Waals surface area contributed by atoms with Gasteiger partial charge in [0.15, 0.2) is 0 Å². The van der Waals surface area contributed by atoms with E-state index in [0.717, 1.165) is 5.92 Å². The Kier molecular flexibility index (Phi) is 5.42. The quantitative estimate of drug-likeness (QED) is 0.738. The Bertz CT molecular complexity index is 451. The predicted molar refractivity (Wildman–Crippen MR) is 96.9 cm³/mol. The molecule has 2 bridgehead atoms. The molecule has 2 unspecified atom stereocenters. The number of likely N-dealkylation sites (tertiary alicyclic amines) is 1. The van der Waals surface area contributed by atoms with Crippen LogP contribution >= 0.6 is 0 Å². The van der Waals surface area contributed by atoms with Gasteiger partial charge >= 0.3 is 0 Å². The molecule has 0 aromatic heterocycles. The van der Waals surface area contributed by atoms with Crippen molar-refractivity contribution in [3.63, 3.8) is 0 Å². The summed E-state index contributed by atoms with van der Waals surface area (Å²) in [4.78, 5) is 2.72. The molecule has 22 heavy (non-hydrogen) atoms. The normalized spacial score (nSPS) is 36.7. The van der Waals surface area contributed by atoms with Gasteiger partial charge in [-0.25, -0.2) is 0 Å². The van der Waals surface area contributed by atoms with Crippen molar-refractivity contribution in [3.8, 4) is 0 Å². The highest BCUT2D eigenvalue weighted by atomic mass is 15.2. The minimum Gasteiger partial charge on any atom is -0.394 e. The van der Waals surface area contributed by atoms with Gasteiger partial charge in [-0.05, 0) is 76.6 Å². The van der Waals surface area contributed by atoms with E-state index in [4.69, 9.17) is 0 Å². The fourth-order valence-electron chi connectivity index (χ4n) is 4.70. The third-order valence-electron chi connectivity index (χ3n) is 6.80. The Morgan fingerprint density at radius 2 is 2.23 bits per heavy atom. The van der Waals surface area contributed by atoms with E-state index < -0.39 is 0 Å². The Labute approximate surface area is 138 Å². The smallest absolute Gasteiger partial charge is 0.0303 e. The first kappa shape index (κ1) is 17.6. The molecule has 3 atom stereocenters. The van der Waals surface area contributed by atoms with Crippen LogP contribution in [0.15, 0.2) is 23.4 Å². The van der Waals surface area contributed by atoms with Crippen molar-refractivity contribution in [1.82, 2.24) is 10.2 Å². The molecule has 1 fully saturated rings. The molecule has 1 aliphatic heterocycles. The highest BCUT2D eigenvalue weighted by Crippen LogP contribution is 2.54. The average Bonchev–Trinajstić information content (AvgIpc) is 2.61. The van der Waals surface area contributed by atoms with Gasteiger partial charge in [-0.2, -0.15) is 0 Å². The average molecular weight is 305 g/mol. The predicted octanol–water partition coefficient (Wildman–Crippen LogP) is 4.74. The van der Waals surface area contributed by atoms with Crippen LogP contribution in [0.3, 0.4) is 0 Å². The van der Waals surface area contributed by atoms with Crippen LogP contribution in [0.1, 0.15) is 66.2 Å². The Balaban J connectivity index is 2.35. The zero-order valence-corrected chi connectivity index (χ0v) is 15.6. The molecule has 2 aliphatic rings. The minimum atomic E-state index is 0.333. The molecule has 0 aromatic carbocycles. The summed E-state index contributed by atoms with van der Waals surface area (Å²) in [6.07, 6.45) is 12.3. The summed E-state index contributed by atoms with van der Waals surface area (Å²) < 4.78 is 0. The third-order valence-corrected chi connectivity index (χ3v) is 6.80. The second-order valence-electron chi connectivity index (χ2n) is 8.00. The van der Waals surface area contributed by atoms with Crippen molar-refractivity contribution in [1.29, 1.82) is 0 Å². The Hall–Kier alpha value is -0.760. The zero-order valence-electron chi connectivity index (χ0n) is 15.6. The van der Waals surface area contributed by atoms with Gasteiger partial charge in [0.25, 0.3) is 0 Å². The summed E-state index contributed by atoms with van der Waals surface area (Å²) in [5, 5.41) is 3.19. The van der Waals surface area contributed by atoms with E-state index in [9.17, 15) is 0 Å². The van der Waals surface area contributed by atoms with E-state index in [0.29, 0.717) is 11.0 Å². The van der Waals surface area contributed by atoms with E-state index in [1.807, 2.05) is 7.05 Å². The zero-order chi connectivity index (χ0) is 16.4. The molecule has 126 valence electrons. The SMILES string of the molecule is CCC1(C)CC=C2CC1(CC/C(C)=C/NC)N(C)CC[C@H]2C. The standard InChI is InChI=1S/C20H36N2/c1-7-19(4)11-9-18-14-20(19,12-8-16(2)15-21-5)22(6)13-10-17(18)3/h9,15,17,21H,7-8,10-14H2,1-6H3/b16-15+/t17-,19?,20?/m1/s1. The van der Waals surface area contributed by atoms with Gasteiger partial charge in [0.2, 0.25) is 0 Å². The molecule has 0 aromatic rings. The van der Waals surface area contributed by atoms with Crippen molar-refractivity contribution < 1.29 is 0 Å². The summed E-state index contributed by atoms with van der Waals surface area (Å²) in [5.41, 5.74) is 3.93. The van der Waals surface area contributed by atoms with Crippen LogP contribution in [0.4, 0.5) is 0 Å². The molecule has 2 nitrogen and oxygen atoms in total. The highest BCUT2D eigenvalue weighted by Gasteiger charge is 2.52. The Morgan fingerprint density at radius 3 is 2.86 bits per heavy atom. The van der Waals surface area contributed by atoms with Gasteiger partial charge < -0.3 is 5.32 Å². The molecule has 0 amide bonds. The number of nitrogens with zero attached hydrogens (tertiary/aromatic N) is 1. The van der Waals surface area contributed by atoms with E-state index in [1.165, 1.54) is 50.6 Å². The number of hydrogen-bond acceptors (Lipinski definition) is 2. The lowest BCUT2D eigenvalue weighted by Crippen LogP contribution is -2.58. The van der Waals surface area contributed by atoms with Crippen LogP contribution in [0.25, 0.3) is 0 Å². The van der Waals surface area contributed by atoms with Crippen LogP contribution < -0.4 is 5.32 Å². The molecular weight excluding hydrogens is 268 g/mol. The van der Waals surface area contributed by atoms with Crippen molar-refractivity contribution in [2.24, 2.45) is 11.3 Å². The van der Waals surface area contributed by atoms with Crippen molar-refractivity contribution in [2.45, 2.75) is 71.8 Å². The van der Waals surface area contributed by atoms with E-state index >= 15 is 0 Å². The monoisotopic (exact) mass is 304 g/mol. The fraction of sp³-hybridized carbons (Fsp3) is 0.800. The van der Waals surface area contributed by atoms with Gasteiger partial charge in [-0.3, -0.25) is 4.90 Å². The minimum absolute atomic E-state index is 0.333. The molecule has 2 heteroatoms. The maximum atomic E-state index is 3.19. The number of fused-ring (bicyclic) bond motifs is 2. The van der Waals surface area contributed by atoms with Crippen molar-refractivity contribution in [2.75, 3.05) is 20.6 Å². The largest absolute Gasteiger partial charge is 0.394 e. The maximum Gasteiger partial charge on any atom is 0.0303 e. The molecule has 1 heterocycles. The summed E-state index contributed by atoms with van der Waals surface area (Å²) in [6.45, 7) is 10.8. The summed E-state index contributed by atoms with van der Waals surface area (Å²) >= 11 is 0. The van der Waals surface area contributed by atoms with Gasteiger partial charge in [-0.1, -0.05) is 38.0 Å². The first-order valence-corrected chi connectivity index (χ1v) is 9.11. The molecule has 0 radical (unpaired) electrons. The van der Waals surface area contributed by atoms with Gasteiger partial charge in [0.1, 0.15) is 0 Å². The Morgan fingerprint density at radius 1 is 1.50 bits per heavy atom. The van der Waals surface area contributed by atoms with Crippen LogP contribution in [-0.4, -0.2) is 31.1 Å². The van der Waals surface area contributed by atoms with E-state index in [2.05, 4.69) is 57.2 Å². The summed E-state index contributed by atoms with van der Waals surface area (Å²) in [6, 6.07) is 0. The first-order chi connectivity index (χ1) is 10.4. The molecular formula is C20H36N2. The van der Waals surface area contributed by atoms with Crippen LogP contribution in [0, 0.1) is 11.3 Å².